The lowest BCUT2D eigenvalue weighted by Gasteiger charge is -2.19. The molecule has 2 aromatic carbocycles. The van der Waals surface area contributed by atoms with Gasteiger partial charge in [-0.05, 0) is 51.0 Å². The fourth-order valence-corrected chi connectivity index (χ4v) is 4.01. The summed E-state index contributed by atoms with van der Waals surface area (Å²) in [5, 5.41) is 5.29. The van der Waals surface area contributed by atoms with Crippen molar-refractivity contribution in [3.63, 3.8) is 0 Å². The number of aryl methyl sites for hydroxylation is 3. The molecule has 0 saturated heterocycles. The van der Waals surface area contributed by atoms with Gasteiger partial charge in [0.25, 0.3) is 5.91 Å². The minimum absolute atomic E-state index is 0.0188. The Bertz CT molecular complexity index is 1270. The number of pyridine rings is 1. The summed E-state index contributed by atoms with van der Waals surface area (Å²) in [6, 6.07) is 16.2. The maximum Gasteiger partial charge on any atom is 0.254 e. The molecule has 0 radical (unpaired) electrons. The molecule has 5 nitrogen and oxygen atoms in total. The van der Waals surface area contributed by atoms with Crippen molar-refractivity contribution in [2.75, 3.05) is 7.05 Å². The molecule has 0 N–H and O–H groups in total. The Morgan fingerprint density at radius 1 is 1.06 bits per heavy atom. The van der Waals surface area contributed by atoms with Crippen molar-refractivity contribution in [2.24, 2.45) is 0 Å². The summed E-state index contributed by atoms with van der Waals surface area (Å²) in [7, 11) is 1.85. The number of carbonyl (C=O) groups is 1. The van der Waals surface area contributed by atoms with Gasteiger partial charge < -0.3 is 4.90 Å². The van der Waals surface area contributed by atoms with Crippen molar-refractivity contribution >= 4 is 16.8 Å². The van der Waals surface area contributed by atoms with Crippen LogP contribution in [0.5, 0.6) is 0 Å². The van der Waals surface area contributed by atoms with Crippen molar-refractivity contribution < 1.29 is 4.79 Å². The molecule has 0 unspecified atom stereocenters. The summed E-state index contributed by atoms with van der Waals surface area (Å²) < 4.78 is 1.95. The van der Waals surface area contributed by atoms with Crippen LogP contribution in [0.4, 0.5) is 0 Å². The normalized spacial score (nSPS) is 11.1. The second-order valence-corrected chi connectivity index (χ2v) is 8.12. The van der Waals surface area contributed by atoms with E-state index in [4.69, 9.17) is 4.98 Å². The third-order valence-electron chi connectivity index (χ3n) is 5.88. The molecule has 0 fully saturated rings. The topological polar surface area (TPSA) is 51.0 Å². The van der Waals surface area contributed by atoms with Crippen LogP contribution in [0.3, 0.4) is 0 Å². The SMILES string of the molecule is CCn1ncc(CN(C)C(=O)c2cc(-c3ccccc3C)nc3cc(C)ccc23)c1C. The maximum absolute atomic E-state index is 13.6. The largest absolute Gasteiger partial charge is 0.337 e. The van der Waals surface area contributed by atoms with Crippen LogP contribution in [-0.4, -0.2) is 32.6 Å². The van der Waals surface area contributed by atoms with Gasteiger partial charge in [0, 0.05) is 42.3 Å². The molecule has 0 aliphatic rings. The fraction of sp³-hybridized carbons (Fsp3) is 0.269. The Labute approximate surface area is 183 Å². The number of benzene rings is 2. The molecule has 5 heteroatoms. The Kier molecular flexibility index (Phi) is 5.59. The number of amides is 1. The number of hydrogen-bond donors (Lipinski definition) is 0. The van der Waals surface area contributed by atoms with Gasteiger partial charge >= 0.3 is 0 Å². The van der Waals surface area contributed by atoms with Gasteiger partial charge in [0.15, 0.2) is 0 Å². The summed E-state index contributed by atoms with van der Waals surface area (Å²) in [6.45, 7) is 9.56. The van der Waals surface area contributed by atoms with Gasteiger partial charge in [0.2, 0.25) is 0 Å². The van der Waals surface area contributed by atoms with Crippen LogP contribution in [0.25, 0.3) is 22.2 Å². The molecular weight excluding hydrogens is 384 g/mol. The van der Waals surface area contributed by atoms with Crippen molar-refractivity contribution in [1.82, 2.24) is 19.7 Å². The van der Waals surface area contributed by atoms with Crippen molar-refractivity contribution in [3.8, 4) is 11.3 Å². The molecule has 31 heavy (non-hydrogen) atoms. The van der Waals surface area contributed by atoms with E-state index >= 15 is 0 Å². The predicted octanol–water partition coefficient (Wildman–Crippen LogP) is 5.32. The zero-order valence-corrected chi connectivity index (χ0v) is 18.8. The summed E-state index contributed by atoms with van der Waals surface area (Å²) in [5.41, 5.74) is 7.79. The van der Waals surface area contributed by atoms with Gasteiger partial charge in [-0.15, -0.1) is 0 Å². The third-order valence-corrected chi connectivity index (χ3v) is 5.88. The second kappa shape index (κ2) is 8.34. The number of hydrogen-bond acceptors (Lipinski definition) is 3. The van der Waals surface area contributed by atoms with Gasteiger partial charge in [-0.1, -0.05) is 36.4 Å². The van der Waals surface area contributed by atoms with E-state index in [2.05, 4.69) is 31.1 Å². The van der Waals surface area contributed by atoms with Crippen LogP contribution in [-0.2, 0) is 13.1 Å². The van der Waals surface area contributed by atoms with Crippen LogP contribution in [0.15, 0.2) is 54.7 Å². The molecule has 0 aliphatic carbocycles. The van der Waals surface area contributed by atoms with E-state index in [0.717, 1.165) is 51.1 Å². The first-order valence-electron chi connectivity index (χ1n) is 10.6. The minimum atomic E-state index is -0.0188. The van der Waals surface area contributed by atoms with Gasteiger partial charge in [-0.25, -0.2) is 4.98 Å². The van der Waals surface area contributed by atoms with E-state index in [1.54, 1.807) is 4.90 Å². The molecule has 0 atom stereocenters. The highest BCUT2D eigenvalue weighted by atomic mass is 16.2. The number of aromatic nitrogens is 3. The smallest absolute Gasteiger partial charge is 0.254 e. The minimum Gasteiger partial charge on any atom is -0.337 e. The molecule has 0 spiro atoms. The number of nitrogens with zero attached hydrogens (tertiary/aromatic N) is 4. The lowest BCUT2D eigenvalue weighted by Crippen LogP contribution is -2.26. The van der Waals surface area contributed by atoms with Crippen molar-refractivity contribution in [3.05, 3.63) is 82.7 Å². The average molecular weight is 413 g/mol. The molecule has 4 rings (SSSR count). The van der Waals surface area contributed by atoms with E-state index in [9.17, 15) is 4.79 Å². The first-order valence-corrected chi connectivity index (χ1v) is 10.6. The molecule has 0 aliphatic heterocycles. The van der Waals surface area contributed by atoms with E-state index in [1.807, 2.05) is 68.2 Å². The predicted molar refractivity (Wildman–Crippen MR) is 125 cm³/mol. The quantitative estimate of drug-likeness (QED) is 0.446. The Hall–Kier alpha value is -3.47. The van der Waals surface area contributed by atoms with Gasteiger partial charge in [0.1, 0.15) is 0 Å². The van der Waals surface area contributed by atoms with E-state index < -0.39 is 0 Å². The molecule has 2 aromatic heterocycles. The van der Waals surface area contributed by atoms with Crippen LogP contribution in [0, 0.1) is 20.8 Å². The van der Waals surface area contributed by atoms with Crippen molar-refractivity contribution in [1.29, 1.82) is 0 Å². The van der Waals surface area contributed by atoms with E-state index in [1.165, 1.54) is 0 Å². The molecular formula is C26H28N4O. The Balaban J connectivity index is 1.78. The summed E-state index contributed by atoms with van der Waals surface area (Å²) in [6.07, 6.45) is 1.86. The molecule has 158 valence electrons. The monoisotopic (exact) mass is 412 g/mol. The summed E-state index contributed by atoms with van der Waals surface area (Å²) in [4.78, 5) is 20.2. The zero-order valence-electron chi connectivity index (χ0n) is 18.8. The van der Waals surface area contributed by atoms with E-state index in [0.29, 0.717) is 12.1 Å². The molecule has 4 aromatic rings. The average Bonchev–Trinajstić information content (AvgIpc) is 3.11. The molecule has 0 saturated carbocycles. The number of fused-ring (bicyclic) bond motifs is 1. The van der Waals surface area contributed by atoms with Crippen molar-refractivity contribution in [2.45, 2.75) is 40.8 Å². The standard InChI is InChI=1S/C26H28N4O/c1-6-30-19(4)20(15-27-30)16-29(5)26(31)23-14-25(21-10-8-7-9-18(21)3)28-24-13-17(2)11-12-22(23)24/h7-15H,6,16H2,1-5H3. The van der Waals surface area contributed by atoms with Crippen LogP contribution in [0.1, 0.15) is 39.7 Å². The fourth-order valence-electron chi connectivity index (χ4n) is 4.01. The third kappa shape index (κ3) is 3.96. The lowest BCUT2D eigenvalue weighted by molar-refractivity contribution is 0.0787. The summed E-state index contributed by atoms with van der Waals surface area (Å²) in [5.74, 6) is -0.0188. The summed E-state index contributed by atoms with van der Waals surface area (Å²) >= 11 is 0. The zero-order chi connectivity index (χ0) is 22.1. The maximum atomic E-state index is 13.6. The first-order chi connectivity index (χ1) is 14.9. The Morgan fingerprint density at radius 2 is 1.84 bits per heavy atom. The van der Waals surface area contributed by atoms with Crippen LogP contribution in [0.2, 0.25) is 0 Å². The molecule has 1 amide bonds. The first kappa shape index (κ1) is 20.8. The highest BCUT2D eigenvalue weighted by Crippen LogP contribution is 2.28. The van der Waals surface area contributed by atoms with Gasteiger partial charge in [-0.3, -0.25) is 9.48 Å². The second-order valence-electron chi connectivity index (χ2n) is 8.12. The molecule has 0 bridgehead atoms. The van der Waals surface area contributed by atoms with Crippen LogP contribution >= 0.6 is 0 Å². The molecule has 2 heterocycles. The van der Waals surface area contributed by atoms with Gasteiger partial charge in [0.05, 0.1) is 23.0 Å². The lowest BCUT2D eigenvalue weighted by atomic mass is 9.99. The van der Waals surface area contributed by atoms with Crippen LogP contribution < -0.4 is 0 Å². The highest BCUT2D eigenvalue weighted by Gasteiger charge is 2.19. The highest BCUT2D eigenvalue weighted by molar-refractivity contribution is 6.07. The Morgan fingerprint density at radius 3 is 2.55 bits per heavy atom. The van der Waals surface area contributed by atoms with Gasteiger partial charge in [-0.2, -0.15) is 5.10 Å². The van der Waals surface area contributed by atoms with E-state index in [-0.39, 0.29) is 5.91 Å². The number of rotatable bonds is 5. The number of carbonyl (C=O) groups excluding carboxylic acids is 1.